The van der Waals surface area contributed by atoms with Crippen LogP contribution in [0.5, 0.6) is 0 Å². The van der Waals surface area contributed by atoms with Crippen LogP contribution in [0.3, 0.4) is 0 Å². The second kappa shape index (κ2) is 9.02. The fourth-order valence-electron chi connectivity index (χ4n) is 4.32. The predicted octanol–water partition coefficient (Wildman–Crippen LogP) is 6.56. The summed E-state index contributed by atoms with van der Waals surface area (Å²) in [7, 11) is 0. The Morgan fingerprint density at radius 3 is 2.36 bits per heavy atom. The lowest BCUT2D eigenvalue weighted by atomic mass is 9.78. The van der Waals surface area contributed by atoms with Crippen molar-refractivity contribution < 1.29 is 22.8 Å². The molecule has 4 rings (SSSR count). The first-order valence-electron chi connectivity index (χ1n) is 10.6. The number of thiophene rings is 1. The number of benzene rings is 2. The molecule has 1 aliphatic rings. The second-order valence-corrected chi connectivity index (χ2v) is 9.31. The van der Waals surface area contributed by atoms with E-state index >= 15 is 0 Å². The van der Waals surface area contributed by atoms with Crippen molar-refractivity contribution >= 4 is 34.5 Å². The van der Waals surface area contributed by atoms with Crippen LogP contribution in [0, 0.1) is 5.92 Å². The summed E-state index contributed by atoms with van der Waals surface area (Å²) < 4.78 is 39.1. The highest BCUT2D eigenvalue weighted by atomic mass is 32.1. The lowest BCUT2D eigenvalue weighted by Gasteiger charge is -2.41. The van der Waals surface area contributed by atoms with E-state index in [4.69, 9.17) is 0 Å². The van der Waals surface area contributed by atoms with Crippen LogP contribution in [0.15, 0.2) is 66.7 Å². The van der Waals surface area contributed by atoms with Crippen molar-refractivity contribution in [1.82, 2.24) is 0 Å². The first kappa shape index (κ1) is 23.0. The van der Waals surface area contributed by atoms with Crippen molar-refractivity contribution in [2.75, 3.05) is 10.2 Å². The molecule has 2 heterocycles. The van der Waals surface area contributed by atoms with Crippen LogP contribution in [0.25, 0.3) is 0 Å². The molecule has 2 amide bonds. The number of amides is 2. The Morgan fingerprint density at radius 1 is 1.03 bits per heavy atom. The van der Waals surface area contributed by atoms with Crippen LogP contribution in [0.2, 0.25) is 0 Å². The Morgan fingerprint density at radius 2 is 1.70 bits per heavy atom. The third-order valence-electron chi connectivity index (χ3n) is 6.00. The largest absolute Gasteiger partial charge is 0.425 e. The second-order valence-electron chi connectivity index (χ2n) is 8.23. The van der Waals surface area contributed by atoms with E-state index in [0.717, 1.165) is 11.6 Å². The molecule has 0 bridgehead atoms. The Balaban J connectivity index is 1.62. The zero-order valence-electron chi connectivity index (χ0n) is 18.1. The van der Waals surface area contributed by atoms with Crippen LogP contribution in [0.1, 0.15) is 46.3 Å². The number of rotatable bonds is 4. The van der Waals surface area contributed by atoms with Gasteiger partial charge < -0.3 is 10.2 Å². The highest BCUT2D eigenvalue weighted by Gasteiger charge is 2.39. The number of para-hydroxylation sites is 2. The molecule has 0 radical (unpaired) electrons. The number of carbonyl (C=O) groups is 2. The van der Waals surface area contributed by atoms with E-state index in [0.29, 0.717) is 29.1 Å². The quantitative estimate of drug-likeness (QED) is 0.467. The van der Waals surface area contributed by atoms with Gasteiger partial charge in [-0.1, -0.05) is 43.3 Å². The topological polar surface area (TPSA) is 49.4 Å². The smallest absolute Gasteiger partial charge is 0.326 e. The Kier molecular flexibility index (Phi) is 6.30. The SMILES string of the molecule is CC(C(=O)Nc1ccccc1)[C@@H]1C[C@H](C)N(C(=O)c2ccc(C(F)(F)F)s2)c2ccccc21. The number of halogens is 3. The zero-order valence-corrected chi connectivity index (χ0v) is 18.9. The first-order chi connectivity index (χ1) is 15.7. The van der Waals surface area contributed by atoms with E-state index in [1.807, 2.05) is 56.3 Å². The van der Waals surface area contributed by atoms with Crippen molar-refractivity contribution in [3.8, 4) is 0 Å². The molecule has 0 saturated carbocycles. The lowest BCUT2D eigenvalue weighted by molar-refractivity contribution is -0.134. The van der Waals surface area contributed by atoms with Crippen LogP contribution >= 0.6 is 11.3 Å². The van der Waals surface area contributed by atoms with Gasteiger partial charge in [-0.2, -0.15) is 13.2 Å². The molecule has 0 saturated heterocycles. The lowest BCUT2D eigenvalue weighted by Crippen LogP contribution is -2.44. The van der Waals surface area contributed by atoms with Gasteiger partial charge in [0.05, 0.1) is 4.88 Å². The maximum absolute atomic E-state index is 13.3. The minimum Gasteiger partial charge on any atom is -0.326 e. The molecule has 1 aliphatic heterocycles. The summed E-state index contributed by atoms with van der Waals surface area (Å²) in [5.74, 6) is -1.10. The van der Waals surface area contributed by atoms with Gasteiger partial charge in [0.1, 0.15) is 4.88 Å². The fourth-order valence-corrected chi connectivity index (χ4v) is 5.14. The fraction of sp³-hybridized carbons (Fsp3) is 0.280. The van der Waals surface area contributed by atoms with Gasteiger partial charge in [0, 0.05) is 23.3 Å². The van der Waals surface area contributed by atoms with E-state index in [1.54, 1.807) is 17.0 Å². The average molecular weight is 473 g/mol. The molecular formula is C25H23F3N2O2S. The van der Waals surface area contributed by atoms with E-state index in [2.05, 4.69) is 5.32 Å². The summed E-state index contributed by atoms with van der Waals surface area (Å²) in [6.07, 6.45) is -3.97. The highest BCUT2D eigenvalue weighted by Crippen LogP contribution is 2.44. The van der Waals surface area contributed by atoms with Gasteiger partial charge in [-0.15, -0.1) is 11.3 Å². The molecule has 4 nitrogen and oxygen atoms in total. The average Bonchev–Trinajstić information content (AvgIpc) is 3.29. The predicted molar refractivity (Wildman–Crippen MR) is 124 cm³/mol. The van der Waals surface area contributed by atoms with Gasteiger partial charge in [-0.3, -0.25) is 9.59 Å². The summed E-state index contributed by atoms with van der Waals surface area (Å²) >= 11 is 0.451. The third-order valence-corrected chi connectivity index (χ3v) is 7.12. The van der Waals surface area contributed by atoms with Crippen molar-refractivity contribution in [2.45, 2.75) is 38.4 Å². The normalized spacial score (nSPS) is 19.0. The number of hydrogen-bond donors (Lipinski definition) is 1. The number of anilines is 2. The minimum atomic E-state index is -4.48. The molecule has 3 atom stereocenters. The first-order valence-corrected chi connectivity index (χ1v) is 11.4. The van der Waals surface area contributed by atoms with Crippen molar-refractivity contribution in [1.29, 1.82) is 0 Å². The summed E-state index contributed by atoms with van der Waals surface area (Å²) in [5, 5.41) is 2.94. The number of nitrogens with one attached hydrogen (secondary N) is 1. The van der Waals surface area contributed by atoms with Crippen molar-refractivity contribution in [3.63, 3.8) is 0 Å². The van der Waals surface area contributed by atoms with Crippen LogP contribution in [-0.2, 0) is 11.0 Å². The molecule has 1 unspecified atom stereocenters. The monoisotopic (exact) mass is 472 g/mol. The highest BCUT2D eigenvalue weighted by molar-refractivity contribution is 7.14. The number of nitrogens with zero attached hydrogens (tertiary/aromatic N) is 1. The van der Waals surface area contributed by atoms with Crippen LogP contribution in [-0.4, -0.2) is 17.9 Å². The standard InChI is InChI=1S/C25H23F3N2O2S/c1-15-14-19(16(2)23(31)29-17-8-4-3-5-9-17)18-10-6-7-11-20(18)30(15)24(32)21-12-13-22(33-21)25(26,27)28/h3-13,15-16,19H,14H2,1-2H3,(H,29,31)/t15-,16?,19-/m0/s1. The van der Waals surface area contributed by atoms with E-state index in [1.165, 1.54) is 6.07 Å². The van der Waals surface area contributed by atoms with Gasteiger partial charge in [0.25, 0.3) is 5.91 Å². The molecule has 0 spiro atoms. The van der Waals surface area contributed by atoms with E-state index < -0.39 is 17.0 Å². The summed E-state index contributed by atoms with van der Waals surface area (Å²) in [6, 6.07) is 18.4. The number of fused-ring (bicyclic) bond motifs is 1. The molecule has 3 aromatic rings. The zero-order chi connectivity index (χ0) is 23.8. The molecule has 2 aromatic carbocycles. The Labute approximate surface area is 194 Å². The third kappa shape index (κ3) is 4.66. The van der Waals surface area contributed by atoms with Crippen LogP contribution < -0.4 is 10.2 Å². The molecule has 33 heavy (non-hydrogen) atoms. The van der Waals surface area contributed by atoms with Gasteiger partial charge in [0.2, 0.25) is 5.91 Å². The van der Waals surface area contributed by atoms with Gasteiger partial charge in [0.15, 0.2) is 0 Å². The molecule has 8 heteroatoms. The number of alkyl halides is 3. The van der Waals surface area contributed by atoms with E-state index in [-0.39, 0.29) is 28.7 Å². The Hall–Kier alpha value is -3.13. The molecule has 0 aliphatic carbocycles. The molecule has 1 N–H and O–H groups in total. The number of hydrogen-bond acceptors (Lipinski definition) is 3. The van der Waals surface area contributed by atoms with Crippen LogP contribution in [0.4, 0.5) is 24.5 Å². The van der Waals surface area contributed by atoms with Gasteiger partial charge >= 0.3 is 6.18 Å². The van der Waals surface area contributed by atoms with Gasteiger partial charge in [-0.25, -0.2) is 0 Å². The number of carbonyl (C=O) groups excluding carboxylic acids is 2. The maximum Gasteiger partial charge on any atom is 0.425 e. The minimum absolute atomic E-state index is 0.0392. The Bertz CT molecular complexity index is 1160. The van der Waals surface area contributed by atoms with Gasteiger partial charge in [-0.05, 0) is 55.2 Å². The van der Waals surface area contributed by atoms with Crippen molar-refractivity contribution in [3.05, 3.63) is 82.0 Å². The maximum atomic E-state index is 13.3. The molecule has 0 fully saturated rings. The molecule has 1 aromatic heterocycles. The summed E-state index contributed by atoms with van der Waals surface area (Å²) in [5.41, 5.74) is 2.18. The molecule has 172 valence electrons. The van der Waals surface area contributed by atoms with E-state index in [9.17, 15) is 22.8 Å². The van der Waals surface area contributed by atoms with Crippen molar-refractivity contribution in [2.24, 2.45) is 5.92 Å². The molecular weight excluding hydrogens is 449 g/mol. The summed E-state index contributed by atoms with van der Waals surface area (Å²) in [6.45, 7) is 3.72. The summed E-state index contributed by atoms with van der Waals surface area (Å²) in [4.78, 5) is 27.0.